The Morgan fingerprint density at radius 1 is 1.00 bits per heavy atom. The molecule has 1 aromatic carbocycles. The van der Waals surface area contributed by atoms with Crippen LogP contribution in [0.25, 0.3) is 0 Å². The lowest BCUT2D eigenvalue weighted by molar-refractivity contribution is 0.525. The fourth-order valence-corrected chi connectivity index (χ4v) is 2.17. The lowest BCUT2D eigenvalue weighted by Crippen LogP contribution is -2.21. The van der Waals surface area contributed by atoms with Crippen molar-refractivity contribution < 1.29 is 0 Å². The van der Waals surface area contributed by atoms with Gasteiger partial charge in [-0.05, 0) is 50.8 Å². The van der Waals surface area contributed by atoms with Crippen LogP contribution in [-0.4, -0.2) is 13.1 Å². The number of nitrogens with one attached hydrogen (secondary N) is 1. The van der Waals surface area contributed by atoms with Gasteiger partial charge in [0.25, 0.3) is 0 Å². The number of benzene rings is 1. The molecule has 1 atom stereocenters. The summed E-state index contributed by atoms with van der Waals surface area (Å²) in [6.07, 6.45) is 1.22. The van der Waals surface area contributed by atoms with E-state index in [0.29, 0.717) is 5.92 Å². The molecule has 0 aliphatic heterocycles. The summed E-state index contributed by atoms with van der Waals surface area (Å²) in [4.78, 5) is 0. The Kier molecular flexibility index (Phi) is 5.70. The highest BCUT2D eigenvalue weighted by atomic mass is 14.8. The van der Waals surface area contributed by atoms with Gasteiger partial charge in [-0.1, -0.05) is 50.1 Å². The average molecular weight is 233 g/mol. The Hall–Kier alpha value is -0.820. The van der Waals surface area contributed by atoms with E-state index in [9.17, 15) is 0 Å². The predicted molar refractivity (Wildman–Crippen MR) is 76.7 cm³/mol. The van der Waals surface area contributed by atoms with Crippen molar-refractivity contribution >= 4 is 0 Å². The molecule has 0 bridgehead atoms. The number of rotatable bonds is 6. The fourth-order valence-electron chi connectivity index (χ4n) is 2.17. The molecular formula is C16H27N. The lowest BCUT2D eigenvalue weighted by atomic mass is 9.94. The fraction of sp³-hybridized carbons (Fsp3) is 0.625. The Bertz CT molecular complexity index is 321. The summed E-state index contributed by atoms with van der Waals surface area (Å²) >= 11 is 0. The van der Waals surface area contributed by atoms with Crippen molar-refractivity contribution in [2.45, 2.75) is 47.0 Å². The zero-order valence-corrected chi connectivity index (χ0v) is 12.0. The van der Waals surface area contributed by atoms with Crippen molar-refractivity contribution in [1.29, 1.82) is 0 Å². The SMILES string of the molecule is Cc1cc(C)cc(C(C)CCNCC(C)C)c1. The molecule has 1 unspecified atom stereocenters. The molecule has 1 nitrogen and oxygen atoms in total. The molecule has 1 aromatic rings. The van der Waals surface area contributed by atoms with Crippen molar-refractivity contribution in [3.8, 4) is 0 Å². The molecule has 1 N–H and O–H groups in total. The molecule has 0 saturated heterocycles. The maximum Gasteiger partial charge on any atom is -0.00258 e. The van der Waals surface area contributed by atoms with Crippen LogP contribution < -0.4 is 5.32 Å². The van der Waals surface area contributed by atoms with Crippen LogP contribution in [0, 0.1) is 19.8 Å². The molecule has 1 heteroatoms. The van der Waals surface area contributed by atoms with Crippen LogP contribution in [0.2, 0.25) is 0 Å². The van der Waals surface area contributed by atoms with Crippen LogP contribution >= 0.6 is 0 Å². The van der Waals surface area contributed by atoms with E-state index < -0.39 is 0 Å². The van der Waals surface area contributed by atoms with Gasteiger partial charge in [-0.2, -0.15) is 0 Å². The lowest BCUT2D eigenvalue weighted by Gasteiger charge is -2.15. The van der Waals surface area contributed by atoms with Crippen LogP contribution in [-0.2, 0) is 0 Å². The van der Waals surface area contributed by atoms with Gasteiger partial charge in [-0.15, -0.1) is 0 Å². The van der Waals surface area contributed by atoms with Gasteiger partial charge < -0.3 is 5.32 Å². The minimum atomic E-state index is 0.647. The second kappa shape index (κ2) is 6.80. The van der Waals surface area contributed by atoms with Gasteiger partial charge >= 0.3 is 0 Å². The van der Waals surface area contributed by atoms with Gasteiger partial charge in [0.2, 0.25) is 0 Å². The monoisotopic (exact) mass is 233 g/mol. The summed E-state index contributed by atoms with van der Waals surface area (Å²) in [7, 11) is 0. The van der Waals surface area contributed by atoms with Crippen molar-refractivity contribution in [2.75, 3.05) is 13.1 Å². The number of hydrogen-bond donors (Lipinski definition) is 1. The third-order valence-electron chi connectivity index (χ3n) is 3.12. The number of hydrogen-bond acceptors (Lipinski definition) is 1. The maximum atomic E-state index is 3.51. The Labute approximate surface area is 107 Å². The molecule has 0 amide bonds. The highest BCUT2D eigenvalue weighted by Crippen LogP contribution is 2.21. The van der Waals surface area contributed by atoms with E-state index >= 15 is 0 Å². The molecule has 0 aliphatic rings. The molecular weight excluding hydrogens is 206 g/mol. The Morgan fingerprint density at radius 2 is 1.59 bits per heavy atom. The molecule has 96 valence electrons. The molecule has 0 heterocycles. The van der Waals surface area contributed by atoms with Crippen LogP contribution in [0.5, 0.6) is 0 Å². The summed E-state index contributed by atoms with van der Waals surface area (Å²) in [5.74, 6) is 1.39. The Balaban J connectivity index is 2.43. The predicted octanol–water partition coefficient (Wildman–Crippen LogP) is 4.04. The first-order chi connectivity index (χ1) is 7.99. The second-order valence-electron chi connectivity index (χ2n) is 5.71. The normalized spacial score (nSPS) is 13.1. The van der Waals surface area contributed by atoms with E-state index in [-0.39, 0.29) is 0 Å². The van der Waals surface area contributed by atoms with Gasteiger partial charge in [0, 0.05) is 0 Å². The van der Waals surface area contributed by atoms with Crippen LogP contribution in [0.1, 0.15) is 49.8 Å². The average Bonchev–Trinajstić information content (AvgIpc) is 2.22. The molecule has 17 heavy (non-hydrogen) atoms. The second-order valence-corrected chi connectivity index (χ2v) is 5.71. The van der Waals surface area contributed by atoms with E-state index in [4.69, 9.17) is 0 Å². The zero-order chi connectivity index (χ0) is 12.8. The minimum Gasteiger partial charge on any atom is -0.316 e. The highest BCUT2D eigenvalue weighted by molar-refractivity contribution is 5.30. The molecule has 0 aromatic heterocycles. The zero-order valence-electron chi connectivity index (χ0n) is 12.0. The molecule has 0 fully saturated rings. The molecule has 0 spiro atoms. The van der Waals surface area contributed by atoms with Crippen LogP contribution in [0.4, 0.5) is 0 Å². The molecule has 0 saturated carbocycles. The smallest absolute Gasteiger partial charge is 0.00258 e. The summed E-state index contributed by atoms with van der Waals surface area (Å²) in [5, 5.41) is 3.51. The van der Waals surface area contributed by atoms with Crippen LogP contribution in [0.3, 0.4) is 0 Å². The maximum absolute atomic E-state index is 3.51. The summed E-state index contributed by atoms with van der Waals surface area (Å²) in [6, 6.07) is 6.88. The summed E-state index contributed by atoms with van der Waals surface area (Å²) in [6.45, 7) is 13.4. The molecule has 1 rings (SSSR count). The third-order valence-corrected chi connectivity index (χ3v) is 3.12. The first-order valence-corrected chi connectivity index (χ1v) is 6.78. The standard InChI is InChI=1S/C16H27N/c1-12(2)11-17-7-6-15(5)16-9-13(3)8-14(4)10-16/h8-10,12,15,17H,6-7,11H2,1-5H3. The van der Waals surface area contributed by atoms with Crippen molar-refractivity contribution in [1.82, 2.24) is 5.32 Å². The Morgan fingerprint density at radius 3 is 2.12 bits per heavy atom. The molecule has 0 radical (unpaired) electrons. The minimum absolute atomic E-state index is 0.647. The molecule has 0 aliphatic carbocycles. The third kappa shape index (κ3) is 5.36. The first kappa shape index (κ1) is 14.2. The summed E-state index contributed by atoms with van der Waals surface area (Å²) < 4.78 is 0. The van der Waals surface area contributed by atoms with Gasteiger partial charge in [0.05, 0.1) is 0 Å². The summed E-state index contributed by atoms with van der Waals surface area (Å²) in [5.41, 5.74) is 4.23. The largest absolute Gasteiger partial charge is 0.316 e. The van der Waals surface area contributed by atoms with E-state index in [2.05, 4.69) is 58.1 Å². The van der Waals surface area contributed by atoms with Crippen molar-refractivity contribution in [3.05, 3.63) is 34.9 Å². The van der Waals surface area contributed by atoms with Crippen molar-refractivity contribution in [2.24, 2.45) is 5.92 Å². The van der Waals surface area contributed by atoms with Gasteiger partial charge in [0.15, 0.2) is 0 Å². The van der Waals surface area contributed by atoms with Crippen molar-refractivity contribution in [3.63, 3.8) is 0 Å². The number of aryl methyl sites for hydroxylation is 2. The quantitative estimate of drug-likeness (QED) is 0.731. The van der Waals surface area contributed by atoms with E-state index in [1.54, 1.807) is 0 Å². The highest BCUT2D eigenvalue weighted by Gasteiger charge is 2.06. The first-order valence-electron chi connectivity index (χ1n) is 6.78. The van der Waals surface area contributed by atoms with Gasteiger partial charge in [0.1, 0.15) is 0 Å². The van der Waals surface area contributed by atoms with Crippen LogP contribution in [0.15, 0.2) is 18.2 Å². The van der Waals surface area contributed by atoms with Gasteiger partial charge in [-0.25, -0.2) is 0 Å². The van der Waals surface area contributed by atoms with E-state index in [0.717, 1.165) is 19.0 Å². The van der Waals surface area contributed by atoms with E-state index in [1.165, 1.54) is 23.1 Å². The van der Waals surface area contributed by atoms with E-state index in [1.807, 2.05) is 0 Å². The van der Waals surface area contributed by atoms with Gasteiger partial charge in [-0.3, -0.25) is 0 Å². The topological polar surface area (TPSA) is 12.0 Å².